The first kappa shape index (κ1) is 47.7. The molecule has 16 nitrogen and oxygen atoms in total. The monoisotopic (exact) mass is 1010 g/mol. The Hall–Kier alpha value is -7.27. The second kappa shape index (κ2) is 19.5. The molecule has 4 saturated carbocycles. The van der Waals surface area contributed by atoms with Gasteiger partial charge in [0.05, 0.1) is 39.2 Å². The number of nitrogens with one attached hydrogen (secondary N) is 4. The van der Waals surface area contributed by atoms with Crippen molar-refractivity contribution in [3.8, 4) is 11.1 Å². The van der Waals surface area contributed by atoms with Crippen LogP contribution in [0.3, 0.4) is 0 Å². The molecule has 74 heavy (non-hydrogen) atoms. The molecule has 13 rings (SSSR count). The second-order valence-corrected chi connectivity index (χ2v) is 22.7. The number of carbonyl (C=O) groups is 5. The van der Waals surface area contributed by atoms with E-state index in [9.17, 15) is 24.0 Å². The number of imide groups is 1. The summed E-state index contributed by atoms with van der Waals surface area (Å²) in [6.45, 7) is 4.53. The van der Waals surface area contributed by atoms with Gasteiger partial charge in [0, 0.05) is 73.8 Å². The normalized spacial score (nSPS) is 22.0. The Labute approximate surface area is 433 Å². The van der Waals surface area contributed by atoms with Crippen LogP contribution in [0.25, 0.3) is 32.2 Å². The minimum absolute atomic E-state index is 0.142. The average molecular weight is 1010 g/mol. The van der Waals surface area contributed by atoms with Gasteiger partial charge in [-0.1, -0.05) is 54.2 Å². The average Bonchev–Trinajstić information content (AvgIpc) is 4.07. The van der Waals surface area contributed by atoms with Crippen LogP contribution in [0.4, 0.5) is 16.6 Å². The molecule has 1 unspecified atom stereocenters. The molecule has 0 radical (unpaired) electrons. The van der Waals surface area contributed by atoms with E-state index in [2.05, 4.69) is 53.9 Å². The van der Waals surface area contributed by atoms with Crippen LogP contribution in [0.1, 0.15) is 126 Å². The van der Waals surface area contributed by atoms with E-state index < -0.39 is 5.92 Å². The van der Waals surface area contributed by atoms with Gasteiger partial charge in [-0.15, -0.1) is 0 Å². The molecule has 380 valence electrons. The minimum Gasteiger partial charge on any atom is -0.352 e. The van der Waals surface area contributed by atoms with E-state index in [0.29, 0.717) is 90.8 Å². The molecule has 4 aromatic heterocycles. The van der Waals surface area contributed by atoms with E-state index >= 15 is 0 Å². The van der Waals surface area contributed by atoms with E-state index in [0.717, 1.165) is 67.8 Å². The van der Waals surface area contributed by atoms with Gasteiger partial charge in [0.25, 0.3) is 11.8 Å². The Bertz CT molecular complexity index is 3320. The van der Waals surface area contributed by atoms with Crippen molar-refractivity contribution in [1.82, 2.24) is 40.2 Å². The van der Waals surface area contributed by atoms with Gasteiger partial charge in [0.2, 0.25) is 17.7 Å². The third kappa shape index (κ3) is 9.23. The molecule has 1 saturated heterocycles. The number of aromatic nitrogens is 6. The first-order valence-corrected chi connectivity index (χ1v) is 27.2. The van der Waals surface area contributed by atoms with Gasteiger partial charge >= 0.3 is 0 Å². The highest BCUT2D eigenvalue weighted by Crippen LogP contribution is 2.60. The molecular weight excluding hydrogens is 951 g/mol. The van der Waals surface area contributed by atoms with Crippen molar-refractivity contribution in [2.75, 3.05) is 28.6 Å². The zero-order chi connectivity index (χ0) is 50.7. The lowest BCUT2D eigenvalue weighted by Gasteiger charge is -2.56. The van der Waals surface area contributed by atoms with E-state index in [-0.39, 0.29) is 47.8 Å². The number of pyridine rings is 1. The van der Waals surface area contributed by atoms with Crippen LogP contribution in [-0.4, -0.2) is 72.2 Å². The minimum atomic E-state index is -0.544. The van der Waals surface area contributed by atoms with Gasteiger partial charge < -0.3 is 15.5 Å². The van der Waals surface area contributed by atoms with Gasteiger partial charge in [0.1, 0.15) is 11.5 Å². The molecule has 0 spiro atoms. The Morgan fingerprint density at radius 1 is 0.838 bits per heavy atom. The van der Waals surface area contributed by atoms with Crippen molar-refractivity contribution < 1.29 is 24.0 Å². The highest BCUT2D eigenvalue weighted by atomic mass is 32.1. The Kier molecular flexibility index (Phi) is 12.6. The number of anilines is 3. The van der Waals surface area contributed by atoms with Crippen molar-refractivity contribution in [3.63, 3.8) is 0 Å². The molecule has 2 aliphatic heterocycles. The summed E-state index contributed by atoms with van der Waals surface area (Å²) in [5, 5.41) is 22.6. The van der Waals surface area contributed by atoms with E-state index in [1.165, 1.54) is 49.9 Å². The molecule has 5 fully saturated rings. The fourth-order valence-electron chi connectivity index (χ4n) is 13.5. The van der Waals surface area contributed by atoms with Gasteiger partial charge in [-0.25, -0.2) is 9.97 Å². The number of para-hydroxylation sites is 2. The smallest absolute Gasteiger partial charge is 0.270 e. The summed E-state index contributed by atoms with van der Waals surface area (Å²) in [4.78, 5) is 78.2. The maximum atomic E-state index is 14.5. The van der Waals surface area contributed by atoms with Crippen molar-refractivity contribution >= 4 is 78.6 Å². The van der Waals surface area contributed by atoms with Gasteiger partial charge in [0.15, 0.2) is 5.13 Å². The second-order valence-electron chi connectivity index (χ2n) is 21.7. The number of benzene rings is 3. The molecule has 6 aliphatic rings. The van der Waals surface area contributed by atoms with Crippen LogP contribution < -0.4 is 26.2 Å². The number of aryl methyl sites for hydroxylation is 1. The number of unbranched alkanes of at least 4 members (excludes halogenated alkanes) is 2. The summed E-state index contributed by atoms with van der Waals surface area (Å²) < 4.78 is 4.87. The molecule has 4 aliphatic carbocycles. The van der Waals surface area contributed by atoms with Crippen LogP contribution in [0.5, 0.6) is 0 Å². The first-order chi connectivity index (χ1) is 35.9. The highest BCUT2D eigenvalue weighted by Gasteiger charge is 2.51. The molecule has 4 bridgehead atoms. The summed E-state index contributed by atoms with van der Waals surface area (Å²) in [6.07, 6.45) is 13.5. The molecule has 17 heteroatoms. The number of hydrogen-bond acceptors (Lipinski definition) is 11. The van der Waals surface area contributed by atoms with Crippen LogP contribution >= 0.6 is 11.3 Å². The Morgan fingerprint density at radius 3 is 2.43 bits per heavy atom. The Balaban J connectivity index is 0.734. The third-order valence-electron chi connectivity index (χ3n) is 16.6. The van der Waals surface area contributed by atoms with Crippen molar-refractivity contribution in [2.45, 2.75) is 109 Å². The number of rotatable bonds is 15. The number of nitrogens with zero attached hydrogens (tertiary/aromatic N) is 7. The van der Waals surface area contributed by atoms with Crippen molar-refractivity contribution in [3.05, 3.63) is 113 Å². The molecule has 7 aromatic rings. The lowest BCUT2D eigenvalue weighted by Crippen LogP contribution is -2.48. The van der Waals surface area contributed by atoms with E-state index in [1.807, 2.05) is 72.9 Å². The number of amides is 5. The quantitative estimate of drug-likeness (QED) is 0.0567. The maximum Gasteiger partial charge on any atom is 0.270 e. The summed E-state index contributed by atoms with van der Waals surface area (Å²) in [5.41, 5.74) is 8.67. The maximum absolute atomic E-state index is 14.5. The largest absolute Gasteiger partial charge is 0.352 e. The predicted octanol–water partition coefficient (Wildman–Crippen LogP) is 9.23. The first-order valence-electron chi connectivity index (χ1n) is 26.4. The number of carbonyl (C=O) groups excluding carboxylic acids is 5. The molecule has 3 aromatic carbocycles. The molecule has 1 atom stereocenters. The van der Waals surface area contributed by atoms with E-state index in [4.69, 9.17) is 10.1 Å². The van der Waals surface area contributed by atoms with Crippen molar-refractivity contribution in [1.29, 1.82) is 0 Å². The number of thiazole rings is 1. The fraction of sp³-hybridized carbons (Fsp3) is 0.421. The van der Waals surface area contributed by atoms with Crippen molar-refractivity contribution in [2.24, 2.45) is 30.2 Å². The lowest BCUT2D eigenvalue weighted by molar-refractivity contribution is -0.134. The highest BCUT2D eigenvalue weighted by molar-refractivity contribution is 7.22. The van der Waals surface area contributed by atoms with Crippen LogP contribution in [0.2, 0.25) is 0 Å². The Morgan fingerprint density at radius 2 is 1.64 bits per heavy atom. The number of fused-ring (bicyclic) bond motifs is 3. The van der Waals surface area contributed by atoms with Gasteiger partial charge in [-0.2, -0.15) is 10.2 Å². The fourth-order valence-corrected chi connectivity index (χ4v) is 14.4. The predicted molar refractivity (Wildman–Crippen MR) is 285 cm³/mol. The zero-order valence-electron chi connectivity index (χ0n) is 41.9. The standard InChI is InChI=1S/C57H61N11O5S/c1-33-42(30-59-68(33)32-57-27-34-24-35(28-57)26-36(25-34)29-57)38-17-19-47(67-23-21-37-10-8-11-39(43(37)31-67)53(71)64-56-61-44-13-5-6-15-46(44)74-56)62-51(38)55(73)58-22-7-3-4-16-48(69)60-45-14-9-12-40-50(65-66(2)52(40)45)41-18-20-49(70)63-54(41)72/h5-6,8-15,17,19,30,34-36,41H,3-4,7,16,18,20-29,31-32H2,1-2H3,(H,58,73)(H,60,69)(H,61,64,71)(H,63,70,72). The van der Waals surface area contributed by atoms with E-state index in [1.54, 1.807) is 11.7 Å². The SMILES string of the molecule is Cc1c(-c2ccc(N3CCc4cccc(C(=O)Nc5nc6ccccc6s5)c4C3)nc2C(=O)NCCCCCC(=O)Nc2cccc3c(C4CCC(=O)NC4=O)nn(C)c23)cnn1CC12CC3CC(CC(C3)C1)C2. The van der Waals surface area contributed by atoms with Crippen LogP contribution in [-0.2, 0) is 40.9 Å². The number of piperidine rings is 1. The van der Waals surface area contributed by atoms with Crippen LogP contribution in [0.15, 0.2) is 79.0 Å². The summed E-state index contributed by atoms with van der Waals surface area (Å²) in [5.74, 6) is 1.36. The van der Waals surface area contributed by atoms with Gasteiger partial charge in [-0.3, -0.25) is 44.0 Å². The third-order valence-corrected chi connectivity index (χ3v) is 17.5. The summed E-state index contributed by atoms with van der Waals surface area (Å²) in [6, 6.07) is 23.3. The summed E-state index contributed by atoms with van der Waals surface area (Å²) >= 11 is 1.45. The topological polar surface area (TPSA) is 198 Å². The zero-order valence-corrected chi connectivity index (χ0v) is 42.7. The molecule has 5 amide bonds. The number of hydrogen-bond donors (Lipinski definition) is 4. The molecule has 6 heterocycles. The van der Waals surface area contributed by atoms with Gasteiger partial charge in [-0.05, 0) is 142 Å². The molecular formula is C57H61N11O5S. The van der Waals surface area contributed by atoms with Crippen LogP contribution in [0, 0.1) is 30.1 Å². The summed E-state index contributed by atoms with van der Waals surface area (Å²) in [7, 11) is 1.78. The lowest BCUT2D eigenvalue weighted by atomic mass is 9.49. The molecule has 4 N–H and O–H groups in total.